The Morgan fingerprint density at radius 2 is 2.10 bits per heavy atom. The Morgan fingerprint density at radius 1 is 1.40 bits per heavy atom. The predicted molar refractivity (Wildman–Crippen MR) is 68.0 cm³/mol. The third-order valence-electron chi connectivity index (χ3n) is 3.80. The molecule has 1 heterocycles. The van der Waals surface area contributed by atoms with E-state index in [2.05, 4.69) is 4.98 Å². The molecule has 4 nitrogen and oxygen atoms in total. The smallest absolute Gasteiger partial charge is 0.391 e. The third-order valence-corrected chi connectivity index (χ3v) is 3.80. The Bertz CT molecular complexity index is 433. The molecule has 1 fully saturated rings. The molecule has 1 aromatic rings. The number of halogens is 3. The topological polar surface area (TPSA) is 41.3 Å². The molecule has 1 N–H and O–H groups in total. The minimum Gasteiger partial charge on any atom is -0.391 e. The summed E-state index contributed by atoms with van der Waals surface area (Å²) >= 11 is 0. The van der Waals surface area contributed by atoms with Crippen molar-refractivity contribution < 1.29 is 18.3 Å². The number of aromatic nitrogens is 2. The zero-order chi connectivity index (χ0) is 14.8. The van der Waals surface area contributed by atoms with Crippen molar-refractivity contribution in [3.63, 3.8) is 0 Å². The number of alkyl halides is 3. The molecule has 0 spiro atoms. The lowest BCUT2D eigenvalue weighted by Gasteiger charge is -2.35. The predicted octanol–water partition coefficient (Wildman–Crippen LogP) is 2.18. The standard InChI is InChI=1S/C13H20F3N3O/c1-18(10-4-2-3-5-11(10)20)8-12-17-6-7-19(12)9-13(14,15)16/h6-7,10-11,20H,2-5,8-9H2,1H3. The second-order valence-electron chi connectivity index (χ2n) is 5.42. The van der Waals surface area contributed by atoms with Crippen molar-refractivity contribution in [3.05, 3.63) is 18.2 Å². The van der Waals surface area contributed by atoms with E-state index in [1.54, 1.807) is 0 Å². The van der Waals surface area contributed by atoms with Crippen LogP contribution in [0.3, 0.4) is 0 Å². The van der Waals surface area contributed by atoms with Crippen LogP contribution >= 0.6 is 0 Å². The molecule has 0 amide bonds. The van der Waals surface area contributed by atoms with Gasteiger partial charge in [0.05, 0.1) is 12.6 Å². The first kappa shape index (κ1) is 15.3. The Balaban J connectivity index is 2.00. The van der Waals surface area contributed by atoms with Crippen LogP contribution in [0.15, 0.2) is 12.4 Å². The van der Waals surface area contributed by atoms with Crippen molar-refractivity contribution >= 4 is 0 Å². The second-order valence-corrected chi connectivity index (χ2v) is 5.42. The van der Waals surface area contributed by atoms with Crippen LogP contribution in [-0.4, -0.2) is 44.9 Å². The van der Waals surface area contributed by atoms with E-state index in [1.165, 1.54) is 12.4 Å². The Hall–Kier alpha value is -1.08. The molecule has 0 bridgehead atoms. The molecule has 0 aliphatic heterocycles. The molecule has 2 unspecified atom stereocenters. The number of nitrogens with zero attached hydrogens (tertiary/aromatic N) is 3. The minimum atomic E-state index is -4.25. The number of rotatable bonds is 4. The number of hydrogen-bond donors (Lipinski definition) is 1. The second kappa shape index (κ2) is 6.13. The lowest BCUT2D eigenvalue weighted by molar-refractivity contribution is -0.141. The van der Waals surface area contributed by atoms with Gasteiger partial charge in [-0.2, -0.15) is 13.2 Å². The first-order chi connectivity index (χ1) is 9.37. The number of aliphatic hydroxyl groups excluding tert-OH is 1. The van der Waals surface area contributed by atoms with Gasteiger partial charge in [0.15, 0.2) is 0 Å². The van der Waals surface area contributed by atoms with E-state index in [-0.39, 0.29) is 6.04 Å². The molecule has 7 heteroatoms. The van der Waals surface area contributed by atoms with Crippen LogP contribution in [0.25, 0.3) is 0 Å². The number of hydrogen-bond acceptors (Lipinski definition) is 3. The highest BCUT2D eigenvalue weighted by Gasteiger charge is 2.30. The molecule has 1 aromatic heterocycles. The van der Waals surface area contributed by atoms with Gasteiger partial charge < -0.3 is 9.67 Å². The first-order valence-electron chi connectivity index (χ1n) is 6.82. The van der Waals surface area contributed by atoms with Crippen molar-refractivity contribution in [2.75, 3.05) is 7.05 Å². The lowest BCUT2D eigenvalue weighted by Crippen LogP contribution is -2.43. The van der Waals surface area contributed by atoms with Gasteiger partial charge >= 0.3 is 6.18 Å². The molecular weight excluding hydrogens is 271 g/mol. The highest BCUT2D eigenvalue weighted by atomic mass is 19.4. The Labute approximate surface area is 116 Å². The molecule has 1 saturated carbocycles. The summed E-state index contributed by atoms with van der Waals surface area (Å²) in [6.07, 6.45) is 1.75. The maximum atomic E-state index is 12.5. The van der Waals surface area contributed by atoms with E-state index in [9.17, 15) is 18.3 Å². The molecule has 0 aromatic carbocycles. The highest BCUT2D eigenvalue weighted by Crippen LogP contribution is 2.24. The maximum Gasteiger partial charge on any atom is 0.406 e. The van der Waals surface area contributed by atoms with Gasteiger partial charge in [0.1, 0.15) is 12.4 Å². The van der Waals surface area contributed by atoms with Gasteiger partial charge in [0.25, 0.3) is 0 Å². The fourth-order valence-corrected chi connectivity index (χ4v) is 2.77. The van der Waals surface area contributed by atoms with E-state index < -0.39 is 18.8 Å². The van der Waals surface area contributed by atoms with Crippen molar-refractivity contribution in [1.82, 2.24) is 14.5 Å². The summed E-state index contributed by atoms with van der Waals surface area (Å²) < 4.78 is 38.5. The van der Waals surface area contributed by atoms with Crippen molar-refractivity contribution in [2.45, 2.75) is 57.1 Å². The summed E-state index contributed by atoms with van der Waals surface area (Å²) in [6.45, 7) is -0.714. The number of aliphatic hydroxyl groups is 1. The van der Waals surface area contributed by atoms with Crippen molar-refractivity contribution in [2.24, 2.45) is 0 Å². The molecule has 1 aliphatic carbocycles. The van der Waals surface area contributed by atoms with E-state index in [4.69, 9.17) is 0 Å². The molecule has 0 saturated heterocycles. The van der Waals surface area contributed by atoms with Gasteiger partial charge in [-0.05, 0) is 19.9 Å². The number of likely N-dealkylation sites (N-methyl/N-ethyl adjacent to an activating group) is 1. The molecule has 1 aliphatic rings. The quantitative estimate of drug-likeness (QED) is 0.924. The zero-order valence-electron chi connectivity index (χ0n) is 11.5. The fourth-order valence-electron chi connectivity index (χ4n) is 2.77. The summed E-state index contributed by atoms with van der Waals surface area (Å²) in [6, 6.07) is -0.000197. The van der Waals surface area contributed by atoms with E-state index in [0.717, 1.165) is 30.3 Å². The third kappa shape index (κ3) is 3.96. The molecular formula is C13H20F3N3O. The van der Waals surface area contributed by atoms with Crippen LogP contribution in [0.4, 0.5) is 13.2 Å². The average Bonchev–Trinajstić information content (AvgIpc) is 2.74. The summed E-state index contributed by atoms with van der Waals surface area (Å²) in [5.74, 6) is 0.377. The van der Waals surface area contributed by atoms with Crippen LogP contribution in [0.1, 0.15) is 31.5 Å². The first-order valence-corrected chi connectivity index (χ1v) is 6.82. The Kier molecular flexibility index (Phi) is 4.70. The Morgan fingerprint density at radius 3 is 2.75 bits per heavy atom. The van der Waals surface area contributed by atoms with E-state index in [1.807, 2.05) is 11.9 Å². The molecule has 114 valence electrons. The average molecular weight is 291 g/mol. The van der Waals surface area contributed by atoms with Crippen LogP contribution in [0, 0.1) is 0 Å². The molecule has 20 heavy (non-hydrogen) atoms. The van der Waals surface area contributed by atoms with Crippen LogP contribution < -0.4 is 0 Å². The summed E-state index contributed by atoms with van der Waals surface area (Å²) in [4.78, 5) is 5.90. The van der Waals surface area contributed by atoms with Gasteiger partial charge in [-0.15, -0.1) is 0 Å². The van der Waals surface area contributed by atoms with Crippen molar-refractivity contribution in [1.29, 1.82) is 0 Å². The van der Waals surface area contributed by atoms with Crippen molar-refractivity contribution in [3.8, 4) is 0 Å². The SMILES string of the molecule is CN(Cc1nccn1CC(F)(F)F)C1CCCCC1O. The largest absolute Gasteiger partial charge is 0.406 e. The summed E-state index contributed by atoms with van der Waals surface area (Å²) in [5.41, 5.74) is 0. The summed E-state index contributed by atoms with van der Waals surface area (Å²) in [5, 5.41) is 9.97. The molecule has 2 rings (SSSR count). The van der Waals surface area contributed by atoms with Gasteiger partial charge in [-0.1, -0.05) is 12.8 Å². The van der Waals surface area contributed by atoms with Gasteiger partial charge in [-0.25, -0.2) is 4.98 Å². The van der Waals surface area contributed by atoms with Gasteiger partial charge in [0, 0.05) is 18.4 Å². The lowest BCUT2D eigenvalue weighted by atomic mass is 9.91. The number of imidazole rings is 1. The van der Waals surface area contributed by atoms with Crippen LogP contribution in [0.2, 0.25) is 0 Å². The summed E-state index contributed by atoms with van der Waals surface area (Å²) in [7, 11) is 1.83. The van der Waals surface area contributed by atoms with Gasteiger partial charge in [-0.3, -0.25) is 4.90 Å². The van der Waals surface area contributed by atoms with E-state index in [0.29, 0.717) is 12.4 Å². The van der Waals surface area contributed by atoms with Crippen LogP contribution in [-0.2, 0) is 13.1 Å². The fraction of sp³-hybridized carbons (Fsp3) is 0.769. The minimum absolute atomic E-state index is 0.000197. The molecule has 0 radical (unpaired) electrons. The van der Waals surface area contributed by atoms with E-state index >= 15 is 0 Å². The van der Waals surface area contributed by atoms with Crippen LogP contribution in [0.5, 0.6) is 0 Å². The monoisotopic (exact) mass is 291 g/mol. The highest BCUT2D eigenvalue weighted by molar-refractivity contribution is 4.94. The molecule has 2 atom stereocenters. The normalized spacial score (nSPS) is 24.3. The van der Waals surface area contributed by atoms with Gasteiger partial charge in [0.2, 0.25) is 0 Å². The zero-order valence-corrected chi connectivity index (χ0v) is 11.5. The maximum absolute atomic E-state index is 12.5.